The van der Waals surface area contributed by atoms with Crippen LogP contribution in [0.5, 0.6) is 0 Å². The van der Waals surface area contributed by atoms with Gasteiger partial charge in [-0.05, 0) is 38.0 Å². The minimum Gasteiger partial charge on any atom is -0.394 e. The van der Waals surface area contributed by atoms with Crippen LogP contribution in [0.15, 0.2) is 52.8 Å². The average molecular weight is 341 g/mol. The first-order valence-electron chi connectivity index (χ1n) is 8.07. The number of aryl methyl sites for hydroxylation is 1. The number of benzene rings is 1. The molecule has 1 saturated heterocycles. The van der Waals surface area contributed by atoms with Gasteiger partial charge in [-0.1, -0.05) is 29.5 Å². The molecule has 1 N–H and O–H groups in total. The number of hydrogen-bond donors (Lipinski definition) is 1. The summed E-state index contributed by atoms with van der Waals surface area (Å²) in [6, 6.07) is 10.5. The van der Waals surface area contributed by atoms with Gasteiger partial charge in [-0.25, -0.2) is 9.97 Å². The summed E-state index contributed by atoms with van der Waals surface area (Å²) in [5.74, 6) is 0. The molecule has 0 bridgehead atoms. The molecule has 1 aliphatic rings. The van der Waals surface area contributed by atoms with Crippen molar-refractivity contribution in [1.82, 2.24) is 14.5 Å². The number of ether oxygens (including phenoxy) is 1. The van der Waals surface area contributed by atoms with Crippen molar-refractivity contribution in [2.75, 3.05) is 6.61 Å². The summed E-state index contributed by atoms with van der Waals surface area (Å²) in [5.41, 5.74) is 2.12. The van der Waals surface area contributed by atoms with E-state index in [4.69, 9.17) is 4.74 Å². The fourth-order valence-electron chi connectivity index (χ4n) is 3.01. The van der Waals surface area contributed by atoms with E-state index < -0.39 is 0 Å². The van der Waals surface area contributed by atoms with E-state index in [2.05, 4.69) is 41.2 Å². The molecule has 0 amide bonds. The van der Waals surface area contributed by atoms with Gasteiger partial charge in [-0.3, -0.25) is 0 Å². The Morgan fingerprint density at radius 1 is 1.21 bits per heavy atom. The standard InChI is InChI=1S/C18H19N3O2S/c1-12-2-5-14(6-3-12)24-18-15-8-9-21(17(15)19-11-20-18)16-7-4-13(10-22)23-16/h2-3,5-6,8-9,11,13,16,22H,4,7,10H2,1H3. The van der Waals surface area contributed by atoms with E-state index >= 15 is 0 Å². The Hall–Kier alpha value is -1.89. The van der Waals surface area contributed by atoms with Crippen molar-refractivity contribution in [3.8, 4) is 0 Å². The first kappa shape index (κ1) is 15.6. The Balaban J connectivity index is 1.65. The third kappa shape index (κ3) is 2.92. The van der Waals surface area contributed by atoms with Crippen LogP contribution in [0.1, 0.15) is 24.6 Å². The normalized spacial score (nSPS) is 20.8. The Morgan fingerprint density at radius 3 is 2.79 bits per heavy atom. The molecule has 5 nitrogen and oxygen atoms in total. The van der Waals surface area contributed by atoms with Gasteiger partial charge in [0.2, 0.25) is 0 Å². The lowest BCUT2D eigenvalue weighted by atomic mass is 10.2. The summed E-state index contributed by atoms with van der Waals surface area (Å²) in [7, 11) is 0. The minimum atomic E-state index is -0.0734. The highest BCUT2D eigenvalue weighted by atomic mass is 32.2. The summed E-state index contributed by atoms with van der Waals surface area (Å²) >= 11 is 1.64. The highest BCUT2D eigenvalue weighted by molar-refractivity contribution is 7.99. The molecule has 1 aliphatic heterocycles. The molecule has 1 fully saturated rings. The van der Waals surface area contributed by atoms with Gasteiger partial charge in [0.15, 0.2) is 0 Å². The predicted molar refractivity (Wildman–Crippen MR) is 93.1 cm³/mol. The summed E-state index contributed by atoms with van der Waals surface area (Å²) in [6.07, 6.45) is 5.23. The van der Waals surface area contributed by atoms with E-state index in [1.807, 2.05) is 16.8 Å². The molecule has 0 aliphatic carbocycles. The van der Waals surface area contributed by atoms with Crippen LogP contribution in [0.3, 0.4) is 0 Å². The minimum absolute atomic E-state index is 0.0632. The number of fused-ring (bicyclic) bond motifs is 1. The van der Waals surface area contributed by atoms with Crippen molar-refractivity contribution in [3.63, 3.8) is 0 Å². The van der Waals surface area contributed by atoms with Crippen LogP contribution < -0.4 is 0 Å². The highest BCUT2D eigenvalue weighted by Crippen LogP contribution is 2.35. The van der Waals surface area contributed by atoms with E-state index in [-0.39, 0.29) is 18.9 Å². The van der Waals surface area contributed by atoms with Crippen LogP contribution in [-0.4, -0.2) is 32.4 Å². The Labute approximate surface area is 144 Å². The number of rotatable bonds is 4. The molecule has 2 aromatic heterocycles. The SMILES string of the molecule is Cc1ccc(Sc2ncnc3c2ccn3C2CCC(CO)O2)cc1. The molecule has 1 aromatic carbocycles. The Morgan fingerprint density at radius 2 is 2.04 bits per heavy atom. The fraction of sp³-hybridized carbons (Fsp3) is 0.333. The van der Waals surface area contributed by atoms with Crippen LogP contribution in [0, 0.1) is 6.92 Å². The van der Waals surface area contributed by atoms with Gasteiger partial charge in [0.25, 0.3) is 0 Å². The molecule has 2 atom stereocenters. The average Bonchev–Trinajstić information content (AvgIpc) is 3.23. The van der Waals surface area contributed by atoms with E-state index in [9.17, 15) is 5.11 Å². The molecule has 6 heteroatoms. The smallest absolute Gasteiger partial charge is 0.146 e. The Kier molecular flexibility index (Phi) is 4.26. The molecule has 2 unspecified atom stereocenters. The van der Waals surface area contributed by atoms with Crippen molar-refractivity contribution < 1.29 is 9.84 Å². The first-order chi connectivity index (χ1) is 11.7. The molecule has 0 saturated carbocycles. The van der Waals surface area contributed by atoms with Gasteiger partial charge in [0.05, 0.1) is 18.1 Å². The number of aliphatic hydroxyl groups excluding tert-OH is 1. The summed E-state index contributed by atoms with van der Waals surface area (Å²) < 4.78 is 7.93. The monoisotopic (exact) mass is 341 g/mol. The zero-order valence-corrected chi connectivity index (χ0v) is 14.2. The highest BCUT2D eigenvalue weighted by Gasteiger charge is 2.27. The van der Waals surface area contributed by atoms with E-state index in [0.717, 1.165) is 33.8 Å². The van der Waals surface area contributed by atoms with Crippen molar-refractivity contribution >= 4 is 22.8 Å². The number of aromatic nitrogens is 3. The van der Waals surface area contributed by atoms with Gasteiger partial charge in [0.1, 0.15) is 23.2 Å². The first-order valence-corrected chi connectivity index (χ1v) is 8.88. The van der Waals surface area contributed by atoms with Crippen LogP contribution in [0.4, 0.5) is 0 Å². The summed E-state index contributed by atoms with van der Waals surface area (Å²) in [6.45, 7) is 2.15. The zero-order valence-electron chi connectivity index (χ0n) is 13.4. The van der Waals surface area contributed by atoms with E-state index in [0.29, 0.717) is 0 Å². The largest absolute Gasteiger partial charge is 0.394 e. The maximum Gasteiger partial charge on any atom is 0.146 e. The molecule has 124 valence electrons. The third-order valence-corrected chi connectivity index (χ3v) is 5.33. The lowest BCUT2D eigenvalue weighted by molar-refractivity contribution is -0.0204. The van der Waals surface area contributed by atoms with Gasteiger partial charge in [0, 0.05) is 11.1 Å². The van der Waals surface area contributed by atoms with Crippen molar-refractivity contribution in [1.29, 1.82) is 0 Å². The van der Waals surface area contributed by atoms with Crippen molar-refractivity contribution in [2.24, 2.45) is 0 Å². The second kappa shape index (κ2) is 6.55. The van der Waals surface area contributed by atoms with E-state index in [1.54, 1.807) is 18.1 Å². The molecule has 3 heterocycles. The maximum atomic E-state index is 9.26. The molecular weight excluding hydrogens is 322 g/mol. The second-order valence-electron chi connectivity index (χ2n) is 6.03. The molecule has 0 radical (unpaired) electrons. The summed E-state index contributed by atoms with van der Waals surface area (Å²) in [4.78, 5) is 10.1. The van der Waals surface area contributed by atoms with Gasteiger partial charge >= 0.3 is 0 Å². The lowest BCUT2D eigenvalue weighted by Gasteiger charge is -2.14. The quantitative estimate of drug-likeness (QED) is 0.735. The van der Waals surface area contributed by atoms with Gasteiger partial charge in [-0.2, -0.15) is 0 Å². The van der Waals surface area contributed by atoms with E-state index in [1.165, 1.54) is 5.56 Å². The second-order valence-corrected chi connectivity index (χ2v) is 7.09. The number of hydrogen-bond acceptors (Lipinski definition) is 5. The third-order valence-electron chi connectivity index (χ3n) is 4.31. The predicted octanol–water partition coefficient (Wildman–Crippen LogP) is 3.56. The van der Waals surface area contributed by atoms with Crippen LogP contribution in [0.2, 0.25) is 0 Å². The molecule has 3 aromatic rings. The molecule has 24 heavy (non-hydrogen) atoms. The maximum absolute atomic E-state index is 9.26. The molecule has 4 rings (SSSR count). The van der Waals surface area contributed by atoms with Crippen molar-refractivity contribution in [3.05, 3.63) is 48.4 Å². The lowest BCUT2D eigenvalue weighted by Crippen LogP contribution is -2.14. The topological polar surface area (TPSA) is 60.2 Å². The Bertz CT molecular complexity index is 847. The number of nitrogens with zero attached hydrogens (tertiary/aromatic N) is 3. The fourth-order valence-corrected chi connectivity index (χ4v) is 3.87. The molecular formula is C18H19N3O2S. The zero-order chi connectivity index (χ0) is 16.5. The number of aliphatic hydroxyl groups is 1. The van der Waals surface area contributed by atoms with Crippen LogP contribution in [0.25, 0.3) is 11.0 Å². The molecule has 0 spiro atoms. The van der Waals surface area contributed by atoms with Crippen LogP contribution in [-0.2, 0) is 4.74 Å². The van der Waals surface area contributed by atoms with Crippen LogP contribution >= 0.6 is 11.8 Å². The van der Waals surface area contributed by atoms with Crippen molar-refractivity contribution in [2.45, 2.75) is 42.0 Å². The van der Waals surface area contributed by atoms with Gasteiger partial charge < -0.3 is 14.4 Å². The van der Waals surface area contributed by atoms with Gasteiger partial charge in [-0.15, -0.1) is 0 Å². The summed E-state index contributed by atoms with van der Waals surface area (Å²) in [5, 5.41) is 11.2.